The minimum absolute atomic E-state index is 0.0700. The predicted molar refractivity (Wildman–Crippen MR) is 121 cm³/mol. The van der Waals surface area contributed by atoms with E-state index in [4.69, 9.17) is 4.74 Å². The van der Waals surface area contributed by atoms with Crippen molar-refractivity contribution < 1.29 is 22.7 Å². The summed E-state index contributed by atoms with van der Waals surface area (Å²) in [6.45, 7) is 5.18. The van der Waals surface area contributed by atoms with Crippen molar-refractivity contribution in [1.29, 1.82) is 0 Å². The Morgan fingerprint density at radius 3 is 2.38 bits per heavy atom. The molecule has 1 saturated heterocycles. The van der Waals surface area contributed by atoms with E-state index in [1.807, 2.05) is 6.92 Å². The zero-order valence-corrected chi connectivity index (χ0v) is 19.7. The molecule has 1 aromatic carbocycles. The molecule has 2 amide bonds. The van der Waals surface area contributed by atoms with Crippen LogP contribution in [0, 0.1) is 18.8 Å². The Hall–Kier alpha value is -1.97. The molecule has 2 aliphatic rings. The van der Waals surface area contributed by atoms with Crippen LogP contribution in [0.4, 0.5) is 0 Å². The molecule has 3 N–H and O–H groups in total. The van der Waals surface area contributed by atoms with Crippen LogP contribution in [0.1, 0.15) is 51.0 Å². The van der Waals surface area contributed by atoms with Gasteiger partial charge in [-0.3, -0.25) is 9.59 Å². The molecule has 178 valence electrons. The maximum atomic E-state index is 12.6. The van der Waals surface area contributed by atoms with E-state index in [0.717, 1.165) is 37.9 Å². The van der Waals surface area contributed by atoms with E-state index >= 15 is 0 Å². The Labute approximate surface area is 190 Å². The largest absolute Gasteiger partial charge is 0.376 e. The van der Waals surface area contributed by atoms with Gasteiger partial charge >= 0.3 is 0 Å². The highest BCUT2D eigenvalue weighted by atomic mass is 32.2. The molecule has 3 rings (SSSR count). The predicted octanol–water partition coefficient (Wildman–Crippen LogP) is 1.88. The van der Waals surface area contributed by atoms with Gasteiger partial charge in [0.15, 0.2) is 0 Å². The summed E-state index contributed by atoms with van der Waals surface area (Å²) in [4.78, 5) is 25.1. The molecule has 2 fully saturated rings. The van der Waals surface area contributed by atoms with Crippen molar-refractivity contribution in [3.05, 3.63) is 29.8 Å². The molecule has 32 heavy (non-hydrogen) atoms. The van der Waals surface area contributed by atoms with Crippen LogP contribution in [-0.2, 0) is 24.3 Å². The van der Waals surface area contributed by atoms with Gasteiger partial charge in [0.05, 0.1) is 11.0 Å². The number of ether oxygens (including phenoxy) is 1. The van der Waals surface area contributed by atoms with Gasteiger partial charge in [-0.05, 0) is 70.4 Å². The normalized spacial score (nSPS) is 24.6. The average molecular weight is 466 g/mol. The SMILES string of the molecule is Cc1ccc(S(=O)(=O)NCC2CCC(C(=O)N[C@H](C)C(=O)NC[C@@H]3CCCO3)CC2)cc1. The van der Waals surface area contributed by atoms with Crippen molar-refractivity contribution >= 4 is 21.8 Å². The van der Waals surface area contributed by atoms with Crippen LogP contribution >= 0.6 is 0 Å². The third-order valence-corrected chi connectivity index (χ3v) is 7.83. The fraction of sp³-hybridized carbons (Fsp3) is 0.652. The van der Waals surface area contributed by atoms with Gasteiger partial charge < -0.3 is 15.4 Å². The van der Waals surface area contributed by atoms with E-state index in [1.165, 1.54) is 0 Å². The van der Waals surface area contributed by atoms with Crippen LogP contribution in [0.25, 0.3) is 0 Å². The van der Waals surface area contributed by atoms with E-state index in [2.05, 4.69) is 15.4 Å². The molecule has 0 aromatic heterocycles. The Kier molecular flexibility index (Phi) is 8.67. The molecule has 9 heteroatoms. The number of sulfonamides is 1. The Balaban J connectivity index is 1.37. The number of aryl methyl sites for hydroxylation is 1. The molecule has 0 bridgehead atoms. The van der Waals surface area contributed by atoms with Gasteiger partial charge in [0.25, 0.3) is 0 Å². The summed E-state index contributed by atoms with van der Waals surface area (Å²) in [6, 6.07) is 6.18. The number of hydrogen-bond acceptors (Lipinski definition) is 5. The monoisotopic (exact) mass is 465 g/mol. The van der Waals surface area contributed by atoms with Gasteiger partial charge in [0.1, 0.15) is 6.04 Å². The van der Waals surface area contributed by atoms with Crippen LogP contribution in [0.3, 0.4) is 0 Å². The second-order valence-corrected chi connectivity index (χ2v) is 10.8. The highest BCUT2D eigenvalue weighted by Crippen LogP contribution is 2.29. The van der Waals surface area contributed by atoms with Crippen molar-refractivity contribution in [2.45, 2.75) is 69.4 Å². The topological polar surface area (TPSA) is 114 Å². The first-order valence-electron chi connectivity index (χ1n) is 11.5. The summed E-state index contributed by atoms with van der Waals surface area (Å²) in [5.41, 5.74) is 1.01. The van der Waals surface area contributed by atoms with Gasteiger partial charge in [0.2, 0.25) is 21.8 Å². The Morgan fingerprint density at radius 2 is 1.75 bits per heavy atom. The quantitative estimate of drug-likeness (QED) is 0.515. The van der Waals surface area contributed by atoms with Crippen LogP contribution in [0.15, 0.2) is 29.2 Å². The number of carbonyl (C=O) groups is 2. The standard InChI is InChI=1S/C23H35N3O5S/c1-16-5-11-21(12-6-16)32(29,30)25-14-18-7-9-19(10-8-18)23(28)26-17(2)22(27)24-15-20-4-3-13-31-20/h5-6,11-12,17-20,25H,3-4,7-10,13-15H2,1-2H3,(H,24,27)(H,26,28)/t17-,18?,19?,20+/m1/s1. The zero-order valence-electron chi connectivity index (χ0n) is 18.9. The second kappa shape index (κ2) is 11.2. The molecule has 1 saturated carbocycles. The van der Waals surface area contributed by atoms with Gasteiger partial charge in [0, 0.05) is 25.6 Å². The molecule has 1 heterocycles. The summed E-state index contributed by atoms with van der Waals surface area (Å²) >= 11 is 0. The highest BCUT2D eigenvalue weighted by molar-refractivity contribution is 7.89. The third-order valence-electron chi connectivity index (χ3n) is 6.39. The van der Waals surface area contributed by atoms with Crippen LogP contribution in [0.5, 0.6) is 0 Å². The number of benzene rings is 1. The molecular formula is C23H35N3O5S. The number of amides is 2. The molecule has 1 aromatic rings. The lowest BCUT2D eigenvalue weighted by atomic mass is 9.81. The summed E-state index contributed by atoms with van der Waals surface area (Å²) < 4.78 is 33.1. The lowest BCUT2D eigenvalue weighted by Gasteiger charge is -2.28. The lowest BCUT2D eigenvalue weighted by molar-refractivity contribution is -0.131. The van der Waals surface area contributed by atoms with E-state index < -0.39 is 16.1 Å². The zero-order chi connectivity index (χ0) is 23.1. The number of carbonyl (C=O) groups excluding carboxylic acids is 2. The van der Waals surface area contributed by atoms with Crippen molar-refractivity contribution in [2.75, 3.05) is 19.7 Å². The average Bonchev–Trinajstić information content (AvgIpc) is 3.30. The van der Waals surface area contributed by atoms with Gasteiger partial charge in [-0.25, -0.2) is 13.1 Å². The fourth-order valence-electron chi connectivity index (χ4n) is 4.23. The molecule has 0 unspecified atom stereocenters. The molecule has 2 atom stereocenters. The first kappa shape index (κ1) is 24.7. The minimum Gasteiger partial charge on any atom is -0.376 e. The highest BCUT2D eigenvalue weighted by Gasteiger charge is 2.29. The van der Waals surface area contributed by atoms with Crippen LogP contribution in [-0.4, -0.2) is 52.1 Å². The minimum atomic E-state index is -3.53. The van der Waals surface area contributed by atoms with E-state index in [0.29, 0.717) is 25.9 Å². The maximum Gasteiger partial charge on any atom is 0.242 e. The number of hydrogen-bond donors (Lipinski definition) is 3. The number of nitrogens with one attached hydrogen (secondary N) is 3. The van der Waals surface area contributed by atoms with Gasteiger partial charge in [-0.15, -0.1) is 0 Å². The van der Waals surface area contributed by atoms with Crippen LogP contribution < -0.4 is 15.4 Å². The summed E-state index contributed by atoms with van der Waals surface area (Å²) in [5.74, 6) is -0.253. The van der Waals surface area contributed by atoms with Gasteiger partial charge in [-0.1, -0.05) is 17.7 Å². The fourth-order valence-corrected chi connectivity index (χ4v) is 5.34. The first-order valence-corrected chi connectivity index (χ1v) is 13.0. The maximum absolute atomic E-state index is 12.6. The molecule has 0 spiro atoms. The molecule has 1 aliphatic carbocycles. The summed E-state index contributed by atoms with van der Waals surface area (Å²) in [5, 5.41) is 5.66. The molecule has 1 aliphatic heterocycles. The Morgan fingerprint density at radius 1 is 1.06 bits per heavy atom. The van der Waals surface area contributed by atoms with Crippen LogP contribution in [0.2, 0.25) is 0 Å². The van der Waals surface area contributed by atoms with Crippen molar-refractivity contribution in [3.8, 4) is 0 Å². The Bertz CT molecular complexity index is 873. The number of rotatable bonds is 9. The molecular weight excluding hydrogens is 430 g/mol. The van der Waals surface area contributed by atoms with Crippen molar-refractivity contribution in [3.63, 3.8) is 0 Å². The summed E-state index contributed by atoms with van der Waals surface area (Å²) in [7, 11) is -3.53. The first-order chi connectivity index (χ1) is 15.2. The smallest absolute Gasteiger partial charge is 0.242 e. The van der Waals surface area contributed by atoms with Crippen molar-refractivity contribution in [2.24, 2.45) is 11.8 Å². The molecule has 8 nitrogen and oxygen atoms in total. The second-order valence-electron chi connectivity index (χ2n) is 8.99. The van der Waals surface area contributed by atoms with Gasteiger partial charge in [-0.2, -0.15) is 0 Å². The van der Waals surface area contributed by atoms with E-state index in [-0.39, 0.29) is 34.6 Å². The lowest BCUT2D eigenvalue weighted by Crippen LogP contribution is -2.48. The molecule has 0 radical (unpaired) electrons. The van der Waals surface area contributed by atoms with E-state index in [9.17, 15) is 18.0 Å². The summed E-state index contributed by atoms with van der Waals surface area (Å²) in [6.07, 6.45) is 4.96. The van der Waals surface area contributed by atoms with Crippen molar-refractivity contribution in [1.82, 2.24) is 15.4 Å². The third kappa shape index (κ3) is 7.02. The van der Waals surface area contributed by atoms with E-state index in [1.54, 1.807) is 31.2 Å².